The smallest absolute Gasteiger partial charge is 0.267 e. The molecule has 5 nitrogen and oxygen atoms in total. The summed E-state index contributed by atoms with van der Waals surface area (Å²) in [6.07, 6.45) is 4.12. The molecule has 1 N–H and O–H groups in total. The van der Waals surface area contributed by atoms with Gasteiger partial charge in [-0.2, -0.15) is 5.10 Å². The van der Waals surface area contributed by atoms with Crippen molar-refractivity contribution in [1.82, 2.24) is 5.32 Å². The third kappa shape index (κ3) is 3.50. The molecule has 24 heavy (non-hydrogen) atoms. The zero-order valence-electron chi connectivity index (χ0n) is 14.4. The first-order valence-electron chi connectivity index (χ1n) is 8.82. The van der Waals surface area contributed by atoms with E-state index < -0.39 is 0 Å². The van der Waals surface area contributed by atoms with E-state index >= 15 is 0 Å². The molecule has 1 aromatic carbocycles. The molecule has 1 heterocycles. The van der Waals surface area contributed by atoms with Gasteiger partial charge < -0.3 is 5.32 Å². The van der Waals surface area contributed by atoms with E-state index in [1.165, 1.54) is 11.4 Å². The third-order valence-electron chi connectivity index (χ3n) is 5.32. The standard InChI is InChI=1S/C19H25N3O2/c1-13-7-6-10-16(14(13)2)20-19(24)17-11-12-18(23)22(21-17)15-8-4-3-5-9-15/h3-5,8-9,13-14,16H,6-7,10-12H2,1-2H3,(H,20,24). The number of nitrogens with zero attached hydrogens (tertiary/aromatic N) is 2. The van der Waals surface area contributed by atoms with Crippen LogP contribution in [-0.2, 0) is 9.59 Å². The molecule has 3 unspecified atom stereocenters. The van der Waals surface area contributed by atoms with Crippen LogP contribution in [0.2, 0.25) is 0 Å². The lowest BCUT2D eigenvalue weighted by Crippen LogP contribution is -2.47. The van der Waals surface area contributed by atoms with Crippen molar-refractivity contribution in [3.05, 3.63) is 30.3 Å². The summed E-state index contributed by atoms with van der Waals surface area (Å²) >= 11 is 0. The van der Waals surface area contributed by atoms with Crippen LogP contribution in [0.25, 0.3) is 0 Å². The molecule has 128 valence electrons. The van der Waals surface area contributed by atoms with Crippen LogP contribution < -0.4 is 10.3 Å². The maximum atomic E-state index is 12.6. The average molecular weight is 327 g/mol. The topological polar surface area (TPSA) is 61.8 Å². The summed E-state index contributed by atoms with van der Waals surface area (Å²) in [7, 11) is 0. The maximum Gasteiger partial charge on any atom is 0.267 e. The minimum atomic E-state index is -0.130. The van der Waals surface area contributed by atoms with Gasteiger partial charge in [0.05, 0.1) is 5.69 Å². The molecular formula is C19H25N3O2. The van der Waals surface area contributed by atoms with Crippen molar-refractivity contribution < 1.29 is 9.59 Å². The fraction of sp³-hybridized carbons (Fsp3) is 0.526. The Balaban J connectivity index is 1.73. The molecule has 0 spiro atoms. The fourth-order valence-corrected chi connectivity index (χ4v) is 3.52. The van der Waals surface area contributed by atoms with Gasteiger partial charge in [0, 0.05) is 18.9 Å². The number of amides is 2. The Morgan fingerprint density at radius 1 is 1.17 bits per heavy atom. The van der Waals surface area contributed by atoms with E-state index in [9.17, 15) is 9.59 Å². The zero-order valence-corrected chi connectivity index (χ0v) is 14.4. The van der Waals surface area contributed by atoms with Crippen LogP contribution in [0.4, 0.5) is 5.69 Å². The number of anilines is 1. The second kappa shape index (κ2) is 7.16. The van der Waals surface area contributed by atoms with Gasteiger partial charge in [0.15, 0.2) is 0 Å². The molecule has 0 bridgehead atoms. The molecule has 1 fully saturated rings. The highest BCUT2D eigenvalue weighted by Gasteiger charge is 2.31. The van der Waals surface area contributed by atoms with Crippen LogP contribution in [0.1, 0.15) is 46.0 Å². The largest absolute Gasteiger partial charge is 0.348 e. The van der Waals surface area contributed by atoms with Gasteiger partial charge in [0.2, 0.25) is 5.91 Å². The monoisotopic (exact) mass is 327 g/mol. The first-order chi connectivity index (χ1) is 11.6. The summed E-state index contributed by atoms with van der Waals surface area (Å²) in [4.78, 5) is 24.8. The quantitative estimate of drug-likeness (QED) is 0.927. The lowest BCUT2D eigenvalue weighted by atomic mass is 9.78. The fourth-order valence-electron chi connectivity index (χ4n) is 3.52. The summed E-state index contributed by atoms with van der Waals surface area (Å²) in [5, 5.41) is 8.83. The second-order valence-corrected chi connectivity index (χ2v) is 6.94. The van der Waals surface area contributed by atoms with Gasteiger partial charge in [-0.15, -0.1) is 0 Å². The predicted octanol–water partition coefficient (Wildman–Crippen LogP) is 3.11. The highest BCUT2D eigenvalue weighted by atomic mass is 16.2. The lowest BCUT2D eigenvalue weighted by molar-refractivity contribution is -0.119. The lowest BCUT2D eigenvalue weighted by Gasteiger charge is -2.35. The van der Waals surface area contributed by atoms with E-state index in [1.807, 2.05) is 30.3 Å². The number of hydrazone groups is 1. The normalized spacial score (nSPS) is 27.6. The van der Waals surface area contributed by atoms with Gasteiger partial charge in [-0.3, -0.25) is 9.59 Å². The van der Waals surface area contributed by atoms with E-state index in [-0.39, 0.29) is 17.9 Å². The number of rotatable bonds is 3. The summed E-state index contributed by atoms with van der Waals surface area (Å²) < 4.78 is 0. The van der Waals surface area contributed by atoms with Crippen molar-refractivity contribution >= 4 is 23.2 Å². The number of hydrogen-bond donors (Lipinski definition) is 1. The minimum absolute atomic E-state index is 0.0718. The predicted molar refractivity (Wildman–Crippen MR) is 94.7 cm³/mol. The van der Waals surface area contributed by atoms with Crippen LogP contribution in [0.3, 0.4) is 0 Å². The maximum absolute atomic E-state index is 12.6. The van der Waals surface area contributed by atoms with E-state index in [2.05, 4.69) is 24.3 Å². The van der Waals surface area contributed by atoms with Crippen LogP contribution in [0, 0.1) is 11.8 Å². The first-order valence-corrected chi connectivity index (χ1v) is 8.82. The number of carbonyl (C=O) groups is 2. The molecule has 3 rings (SSSR count). The van der Waals surface area contributed by atoms with E-state index in [1.54, 1.807) is 0 Å². The first kappa shape index (κ1) is 16.7. The summed E-state index contributed by atoms with van der Waals surface area (Å²) in [5.74, 6) is 0.894. The number of nitrogens with one attached hydrogen (secondary N) is 1. The van der Waals surface area contributed by atoms with Crippen LogP contribution in [0.5, 0.6) is 0 Å². The Morgan fingerprint density at radius 3 is 2.67 bits per heavy atom. The summed E-state index contributed by atoms with van der Waals surface area (Å²) in [6.45, 7) is 4.45. The molecule has 2 amide bonds. The van der Waals surface area contributed by atoms with Crippen molar-refractivity contribution in [3.8, 4) is 0 Å². The highest BCUT2D eigenvalue weighted by Crippen LogP contribution is 2.29. The number of hydrogen-bond acceptors (Lipinski definition) is 3. The Hall–Kier alpha value is -2.17. The molecule has 0 aromatic heterocycles. The van der Waals surface area contributed by atoms with Gasteiger partial charge >= 0.3 is 0 Å². The Bertz CT molecular complexity index is 641. The molecule has 1 aliphatic carbocycles. The summed E-state index contributed by atoms with van der Waals surface area (Å²) in [5.41, 5.74) is 1.15. The highest BCUT2D eigenvalue weighted by molar-refractivity contribution is 6.40. The van der Waals surface area contributed by atoms with Gasteiger partial charge in [-0.1, -0.05) is 44.9 Å². The van der Waals surface area contributed by atoms with Crippen molar-refractivity contribution in [1.29, 1.82) is 0 Å². The summed E-state index contributed by atoms with van der Waals surface area (Å²) in [6, 6.07) is 9.46. The molecule has 1 saturated carbocycles. The third-order valence-corrected chi connectivity index (χ3v) is 5.32. The molecule has 1 aliphatic heterocycles. The number of carbonyl (C=O) groups excluding carboxylic acids is 2. The Kier molecular flexibility index (Phi) is 4.97. The molecule has 0 saturated heterocycles. The van der Waals surface area contributed by atoms with Crippen LogP contribution in [-0.4, -0.2) is 23.6 Å². The van der Waals surface area contributed by atoms with Gasteiger partial charge in [-0.25, -0.2) is 5.01 Å². The minimum Gasteiger partial charge on any atom is -0.348 e. The van der Waals surface area contributed by atoms with Crippen molar-refractivity contribution in [2.45, 2.75) is 52.0 Å². The van der Waals surface area contributed by atoms with Gasteiger partial charge in [0.1, 0.15) is 5.71 Å². The Labute approximate surface area is 143 Å². The van der Waals surface area contributed by atoms with E-state index in [4.69, 9.17) is 0 Å². The van der Waals surface area contributed by atoms with Crippen LogP contribution >= 0.6 is 0 Å². The molecular weight excluding hydrogens is 302 g/mol. The average Bonchev–Trinajstić information content (AvgIpc) is 2.60. The number of benzene rings is 1. The van der Waals surface area contributed by atoms with Gasteiger partial charge in [0.25, 0.3) is 5.91 Å². The van der Waals surface area contributed by atoms with Gasteiger partial charge in [-0.05, 0) is 30.4 Å². The zero-order chi connectivity index (χ0) is 17.1. The second-order valence-electron chi connectivity index (χ2n) is 6.94. The molecule has 3 atom stereocenters. The van der Waals surface area contributed by atoms with E-state index in [0.29, 0.717) is 36.1 Å². The van der Waals surface area contributed by atoms with Crippen LogP contribution in [0.15, 0.2) is 35.4 Å². The van der Waals surface area contributed by atoms with E-state index in [0.717, 1.165) is 12.8 Å². The number of para-hydroxylation sites is 1. The van der Waals surface area contributed by atoms with Crippen molar-refractivity contribution in [2.75, 3.05) is 5.01 Å². The Morgan fingerprint density at radius 2 is 1.92 bits per heavy atom. The SMILES string of the molecule is CC1CCCC(NC(=O)C2=NN(c3ccccc3)C(=O)CC2)C1C. The molecule has 2 aliphatic rings. The van der Waals surface area contributed by atoms with Crippen molar-refractivity contribution in [3.63, 3.8) is 0 Å². The molecule has 1 aromatic rings. The molecule has 5 heteroatoms. The molecule has 0 radical (unpaired) electrons. The van der Waals surface area contributed by atoms with Crippen molar-refractivity contribution in [2.24, 2.45) is 16.9 Å².